The summed E-state index contributed by atoms with van der Waals surface area (Å²) in [6.07, 6.45) is 3.36. The van der Waals surface area contributed by atoms with Gasteiger partial charge in [0.1, 0.15) is 6.61 Å². The molecule has 0 N–H and O–H groups in total. The molecule has 0 saturated carbocycles. The van der Waals surface area contributed by atoms with Gasteiger partial charge in [0.25, 0.3) is 0 Å². The van der Waals surface area contributed by atoms with Crippen molar-refractivity contribution in [3.8, 4) is 0 Å². The molecule has 5 heteroatoms. The zero-order valence-corrected chi connectivity index (χ0v) is 12.0. The predicted octanol–water partition coefficient (Wildman–Crippen LogP) is 2.34. The Labute approximate surface area is 118 Å². The van der Waals surface area contributed by atoms with Gasteiger partial charge < -0.3 is 9.64 Å². The number of carbonyl (C=O) groups is 1. The number of carbonyl (C=O) groups excluding carboxylic acids is 1. The number of hydrogen-bond donors (Lipinski definition) is 0. The van der Waals surface area contributed by atoms with E-state index in [0.29, 0.717) is 6.61 Å². The van der Waals surface area contributed by atoms with E-state index in [2.05, 4.69) is 16.3 Å². The lowest BCUT2D eigenvalue weighted by atomic mass is 10.1. The molecule has 104 valence electrons. The van der Waals surface area contributed by atoms with Crippen LogP contribution in [0.5, 0.6) is 0 Å². The second-order valence-electron chi connectivity index (χ2n) is 5.20. The zero-order chi connectivity index (χ0) is 13.1. The van der Waals surface area contributed by atoms with Crippen LogP contribution < -0.4 is 0 Å². The van der Waals surface area contributed by atoms with Gasteiger partial charge >= 0.3 is 6.09 Å². The van der Waals surface area contributed by atoms with Crippen LogP contribution in [0, 0.1) is 0 Å². The smallest absolute Gasteiger partial charge is 0.410 e. The lowest BCUT2D eigenvalue weighted by Crippen LogP contribution is -2.37. The molecule has 0 atom stereocenters. The minimum absolute atomic E-state index is 0.154. The highest BCUT2D eigenvalue weighted by Crippen LogP contribution is 2.24. The van der Waals surface area contributed by atoms with Crippen molar-refractivity contribution < 1.29 is 9.53 Å². The van der Waals surface area contributed by atoms with Gasteiger partial charge in [0, 0.05) is 18.0 Å². The average Bonchev–Trinajstić information content (AvgIpc) is 3.08. The van der Waals surface area contributed by atoms with Crippen LogP contribution in [-0.2, 0) is 17.7 Å². The molecule has 3 heterocycles. The first-order valence-corrected chi connectivity index (χ1v) is 7.90. The molecule has 1 aromatic heterocycles. The van der Waals surface area contributed by atoms with Crippen LogP contribution in [-0.4, -0.2) is 48.7 Å². The maximum Gasteiger partial charge on any atom is 0.410 e. The molecule has 0 aromatic carbocycles. The Morgan fingerprint density at radius 1 is 1.32 bits per heavy atom. The molecule has 4 nitrogen and oxygen atoms in total. The summed E-state index contributed by atoms with van der Waals surface area (Å²) in [6, 6.07) is 2.16. The van der Waals surface area contributed by atoms with Gasteiger partial charge in [-0.15, -0.1) is 11.3 Å². The fourth-order valence-corrected chi connectivity index (χ4v) is 3.70. The van der Waals surface area contributed by atoms with Crippen LogP contribution in [0.2, 0.25) is 0 Å². The van der Waals surface area contributed by atoms with Crippen LogP contribution in [0.1, 0.15) is 23.3 Å². The quantitative estimate of drug-likeness (QED) is 0.852. The van der Waals surface area contributed by atoms with E-state index in [0.717, 1.165) is 39.1 Å². The van der Waals surface area contributed by atoms with Crippen molar-refractivity contribution in [2.45, 2.75) is 25.8 Å². The summed E-state index contributed by atoms with van der Waals surface area (Å²) in [6.45, 7) is 5.21. The maximum absolute atomic E-state index is 12.0. The van der Waals surface area contributed by atoms with Gasteiger partial charge in [-0.2, -0.15) is 0 Å². The Kier molecular flexibility index (Phi) is 4.03. The van der Waals surface area contributed by atoms with E-state index < -0.39 is 0 Å². The summed E-state index contributed by atoms with van der Waals surface area (Å²) in [5, 5.41) is 2.10. The van der Waals surface area contributed by atoms with Crippen LogP contribution in [0.15, 0.2) is 11.4 Å². The van der Waals surface area contributed by atoms with Crippen molar-refractivity contribution in [3.05, 3.63) is 21.9 Å². The van der Waals surface area contributed by atoms with Gasteiger partial charge in [-0.05, 0) is 49.4 Å². The molecular formula is C14H20N2O2S. The number of thiophene rings is 1. The molecule has 19 heavy (non-hydrogen) atoms. The fourth-order valence-electron chi connectivity index (χ4n) is 2.75. The number of rotatable bonds is 3. The SMILES string of the molecule is O=C(OCCN1CCCC1)N1CCc2ccsc2C1. The summed E-state index contributed by atoms with van der Waals surface area (Å²) in [7, 11) is 0. The summed E-state index contributed by atoms with van der Waals surface area (Å²) in [5.41, 5.74) is 1.39. The molecule has 1 saturated heterocycles. The fraction of sp³-hybridized carbons (Fsp3) is 0.643. The number of amides is 1. The number of hydrogen-bond acceptors (Lipinski definition) is 4. The number of likely N-dealkylation sites (tertiary alicyclic amines) is 1. The number of nitrogens with zero attached hydrogens (tertiary/aromatic N) is 2. The molecule has 1 fully saturated rings. The van der Waals surface area contributed by atoms with E-state index in [1.54, 1.807) is 11.3 Å². The van der Waals surface area contributed by atoms with Crippen LogP contribution in [0.3, 0.4) is 0 Å². The second kappa shape index (κ2) is 5.92. The molecule has 0 bridgehead atoms. The minimum Gasteiger partial charge on any atom is -0.448 e. The number of ether oxygens (including phenoxy) is 1. The monoisotopic (exact) mass is 280 g/mol. The van der Waals surface area contributed by atoms with Gasteiger partial charge in [-0.3, -0.25) is 4.90 Å². The van der Waals surface area contributed by atoms with E-state index >= 15 is 0 Å². The Hall–Kier alpha value is -1.07. The molecule has 0 spiro atoms. The molecular weight excluding hydrogens is 260 g/mol. The van der Waals surface area contributed by atoms with Gasteiger partial charge in [0.2, 0.25) is 0 Å². The summed E-state index contributed by atoms with van der Waals surface area (Å²) in [5.74, 6) is 0. The summed E-state index contributed by atoms with van der Waals surface area (Å²) in [4.78, 5) is 17.5. The molecule has 2 aliphatic heterocycles. The predicted molar refractivity (Wildman–Crippen MR) is 75.5 cm³/mol. The van der Waals surface area contributed by atoms with Crippen LogP contribution in [0.25, 0.3) is 0 Å². The van der Waals surface area contributed by atoms with E-state index in [4.69, 9.17) is 4.74 Å². The Morgan fingerprint density at radius 2 is 2.16 bits per heavy atom. The van der Waals surface area contributed by atoms with Crippen molar-refractivity contribution in [3.63, 3.8) is 0 Å². The van der Waals surface area contributed by atoms with Crippen LogP contribution >= 0.6 is 11.3 Å². The highest BCUT2D eigenvalue weighted by atomic mass is 32.1. The lowest BCUT2D eigenvalue weighted by Gasteiger charge is -2.26. The third kappa shape index (κ3) is 3.09. The molecule has 1 aromatic rings. The van der Waals surface area contributed by atoms with Crippen molar-refractivity contribution in [2.75, 3.05) is 32.8 Å². The van der Waals surface area contributed by atoms with Gasteiger partial charge in [0.05, 0.1) is 6.54 Å². The van der Waals surface area contributed by atoms with E-state index in [9.17, 15) is 4.79 Å². The van der Waals surface area contributed by atoms with Gasteiger partial charge in [0.15, 0.2) is 0 Å². The first-order chi connectivity index (χ1) is 9.33. The lowest BCUT2D eigenvalue weighted by molar-refractivity contribution is 0.0898. The molecule has 0 radical (unpaired) electrons. The largest absolute Gasteiger partial charge is 0.448 e. The van der Waals surface area contributed by atoms with E-state index in [-0.39, 0.29) is 6.09 Å². The maximum atomic E-state index is 12.0. The second-order valence-corrected chi connectivity index (χ2v) is 6.20. The molecule has 1 amide bonds. The molecule has 0 unspecified atom stereocenters. The average molecular weight is 280 g/mol. The minimum atomic E-state index is -0.154. The third-order valence-corrected chi connectivity index (χ3v) is 4.86. The van der Waals surface area contributed by atoms with E-state index in [1.807, 2.05) is 4.90 Å². The Morgan fingerprint density at radius 3 is 3.00 bits per heavy atom. The highest BCUT2D eigenvalue weighted by molar-refractivity contribution is 7.10. The van der Waals surface area contributed by atoms with Crippen molar-refractivity contribution in [1.29, 1.82) is 0 Å². The third-order valence-electron chi connectivity index (χ3n) is 3.91. The topological polar surface area (TPSA) is 32.8 Å². The van der Waals surface area contributed by atoms with Crippen molar-refractivity contribution >= 4 is 17.4 Å². The van der Waals surface area contributed by atoms with Crippen molar-refractivity contribution in [2.24, 2.45) is 0 Å². The highest BCUT2D eigenvalue weighted by Gasteiger charge is 2.22. The Bertz CT molecular complexity index is 440. The van der Waals surface area contributed by atoms with Gasteiger partial charge in [-0.1, -0.05) is 0 Å². The summed E-state index contributed by atoms with van der Waals surface area (Å²) < 4.78 is 5.38. The Balaban J connectivity index is 1.43. The summed E-state index contributed by atoms with van der Waals surface area (Å²) >= 11 is 1.73. The van der Waals surface area contributed by atoms with E-state index in [1.165, 1.54) is 23.3 Å². The molecule has 0 aliphatic carbocycles. The normalized spacial score (nSPS) is 19.5. The molecule has 3 rings (SSSR count). The van der Waals surface area contributed by atoms with Crippen molar-refractivity contribution in [1.82, 2.24) is 9.80 Å². The standard InChI is InChI=1S/C14H20N2O2S/c17-14(18-9-8-15-5-1-2-6-15)16-7-3-12-4-10-19-13(12)11-16/h4,10H,1-3,5-9,11H2. The van der Waals surface area contributed by atoms with Crippen LogP contribution in [0.4, 0.5) is 4.79 Å². The number of fused-ring (bicyclic) bond motifs is 1. The zero-order valence-electron chi connectivity index (χ0n) is 11.1. The first kappa shape index (κ1) is 12.9. The molecule has 2 aliphatic rings. The first-order valence-electron chi connectivity index (χ1n) is 7.02. The van der Waals surface area contributed by atoms with Gasteiger partial charge in [-0.25, -0.2) is 4.79 Å².